The van der Waals surface area contributed by atoms with E-state index in [0.29, 0.717) is 31.1 Å². The van der Waals surface area contributed by atoms with E-state index >= 15 is 0 Å². The lowest BCUT2D eigenvalue weighted by Crippen LogP contribution is -2.39. The van der Waals surface area contributed by atoms with Crippen LogP contribution in [0.3, 0.4) is 0 Å². The smallest absolute Gasteiger partial charge is 0.222 e. The molecule has 0 aromatic heterocycles. The summed E-state index contributed by atoms with van der Waals surface area (Å²) in [5.74, 6) is 0.985. The summed E-state index contributed by atoms with van der Waals surface area (Å²) in [4.78, 5) is 14.1. The fourth-order valence-electron chi connectivity index (χ4n) is 2.08. The van der Waals surface area contributed by atoms with Crippen LogP contribution in [0.25, 0.3) is 0 Å². The Morgan fingerprint density at radius 3 is 2.33 bits per heavy atom. The van der Waals surface area contributed by atoms with Crippen molar-refractivity contribution in [2.24, 2.45) is 5.92 Å². The molecule has 0 heterocycles. The summed E-state index contributed by atoms with van der Waals surface area (Å²) in [6.07, 6.45) is 1.14. The summed E-state index contributed by atoms with van der Waals surface area (Å²) < 4.78 is 18.2. The van der Waals surface area contributed by atoms with E-state index in [1.54, 1.807) is 12.1 Å². The topological polar surface area (TPSA) is 29.5 Å². The van der Waals surface area contributed by atoms with E-state index in [-0.39, 0.29) is 17.8 Å². The molecule has 0 radical (unpaired) electrons. The van der Waals surface area contributed by atoms with Crippen LogP contribution in [0.2, 0.25) is 0 Å². The molecule has 0 aliphatic heterocycles. The minimum Gasteiger partial charge on any atom is -0.494 e. The zero-order valence-electron chi connectivity index (χ0n) is 13.4. The van der Waals surface area contributed by atoms with Gasteiger partial charge in [0.25, 0.3) is 0 Å². The second-order valence-corrected chi connectivity index (χ2v) is 5.94. The van der Waals surface area contributed by atoms with Gasteiger partial charge in [0.2, 0.25) is 5.91 Å². The predicted octanol–water partition coefficient (Wildman–Crippen LogP) is 3.88. The molecule has 0 bridgehead atoms. The van der Waals surface area contributed by atoms with E-state index in [2.05, 4.69) is 13.8 Å². The average molecular weight is 295 g/mol. The van der Waals surface area contributed by atoms with Crippen molar-refractivity contribution < 1.29 is 13.9 Å². The molecule has 118 valence electrons. The van der Waals surface area contributed by atoms with Crippen LogP contribution in [0.1, 0.15) is 40.5 Å². The van der Waals surface area contributed by atoms with Crippen LogP contribution in [-0.4, -0.2) is 30.0 Å². The summed E-state index contributed by atoms with van der Waals surface area (Å²) in [5.41, 5.74) is 0. The Labute approximate surface area is 127 Å². The highest BCUT2D eigenvalue weighted by molar-refractivity contribution is 5.76. The average Bonchev–Trinajstić information content (AvgIpc) is 2.42. The van der Waals surface area contributed by atoms with Crippen molar-refractivity contribution in [3.05, 3.63) is 30.1 Å². The number of carbonyl (C=O) groups is 1. The molecule has 0 aliphatic carbocycles. The van der Waals surface area contributed by atoms with Crippen molar-refractivity contribution in [1.82, 2.24) is 4.90 Å². The molecule has 0 saturated carbocycles. The summed E-state index contributed by atoms with van der Waals surface area (Å²) in [6.45, 7) is 9.55. The molecule has 0 aliphatic rings. The molecule has 21 heavy (non-hydrogen) atoms. The lowest BCUT2D eigenvalue weighted by Gasteiger charge is -2.28. The molecule has 1 amide bonds. The lowest BCUT2D eigenvalue weighted by molar-refractivity contribution is -0.133. The minimum atomic E-state index is -0.279. The Balaban J connectivity index is 2.33. The zero-order chi connectivity index (χ0) is 15.8. The molecule has 0 unspecified atom stereocenters. The van der Waals surface area contributed by atoms with Crippen LogP contribution in [0.15, 0.2) is 24.3 Å². The fraction of sp³-hybridized carbons (Fsp3) is 0.588. The number of rotatable bonds is 8. The molecule has 3 nitrogen and oxygen atoms in total. The number of benzene rings is 1. The second-order valence-electron chi connectivity index (χ2n) is 5.94. The normalized spacial score (nSPS) is 11.0. The van der Waals surface area contributed by atoms with E-state index in [0.717, 1.165) is 6.54 Å². The number of nitrogens with zero attached hydrogens (tertiary/aromatic N) is 1. The van der Waals surface area contributed by atoms with Gasteiger partial charge in [-0.15, -0.1) is 0 Å². The Kier molecular flexibility index (Phi) is 7.20. The monoisotopic (exact) mass is 295 g/mol. The highest BCUT2D eigenvalue weighted by atomic mass is 19.1. The summed E-state index contributed by atoms with van der Waals surface area (Å²) in [6, 6.07) is 6.14. The number of amides is 1. The first-order valence-corrected chi connectivity index (χ1v) is 7.58. The van der Waals surface area contributed by atoms with Crippen molar-refractivity contribution >= 4 is 5.91 Å². The largest absolute Gasteiger partial charge is 0.494 e. The molecule has 0 fully saturated rings. The van der Waals surface area contributed by atoms with Crippen molar-refractivity contribution in [1.29, 1.82) is 0 Å². The molecular weight excluding hydrogens is 269 g/mol. The van der Waals surface area contributed by atoms with Gasteiger partial charge in [0.05, 0.1) is 6.61 Å². The number of carbonyl (C=O) groups excluding carboxylic acids is 1. The molecule has 0 spiro atoms. The van der Waals surface area contributed by atoms with Gasteiger partial charge in [0.1, 0.15) is 11.6 Å². The SMILES string of the molecule is CC(C)CN(C(=O)CCCOc1ccc(F)cc1)C(C)C. The standard InChI is InChI=1S/C17H26FNO2/c1-13(2)12-19(14(3)4)17(20)6-5-11-21-16-9-7-15(18)8-10-16/h7-10,13-14H,5-6,11-12H2,1-4H3. The van der Waals surface area contributed by atoms with Gasteiger partial charge in [0.15, 0.2) is 0 Å². The van der Waals surface area contributed by atoms with Crippen LogP contribution in [0.5, 0.6) is 5.75 Å². The maximum atomic E-state index is 12.7. The Morgan fingerprint density at radius 2 is 1.81 bits per heavy atom. The van der Waals surface area contributed by atoms with Gasteiger partial charge in [-0.1, -0.05) is 13.8 Å². The van der Waals surface area contributed by atoms with Gasteiger partial charge in [-0.3, -0.25) is 4.79 Å². The molecule has 0 saturated heterocycles. The quantitative estimate of drug-likeness (QED) is 0.681. The maximum absolute atomic E-state index is 12.7. The molecule has 4 heteroatoms. The van der Waals surface area contributed by atoms with Gasteiger partial charge in [-0.2, -0.15) is 0 Å². The van der Waals surface area contributed by atoms with Crippen LogP contribution >= 0.6 is 0 Å². The van der Waals surface area contributed by atoms with Gasteiger partial charge < -0.3 is 9.64 Å². The van der Waals surface area contributed by atoms with Gasteiger partial charge in [-0.25, -0.2) is 4.39 Å². The summed E-state index contributed by atoms with van der Waals surface area (Å²) in [5, 5.41) is 0. The Hall–Kier alpha value is -1.58. The van der Waals surface area contributed by atoms with E-state index < -0.39 is 0 Å². The Morgan fingerprint density at radius 1 is 1.19 bits per heavy atom. The van der Waals surface area contributed by atoms with Gasteiger partial charge in [-0.05, 0) is 50.5 Å². The van der Waals surface area contributed by atoms with E-state index in [9.17, 15) is 9.18 Å². The first-order chi connectivity index (χ1) is 9.90. The predicted molar refractivity (Wildman–Crippen MR) is 82.8 cm³/mol. The number of halogens is 1. The van der Waals surface area contributed by atoms with Crippen LogP contribution in [0, 0.1) is 11.7 Å². The minimum absolute atomic E-state index is 0.168. The van der Waals surface area contributed by atoms with E-state index in [4.69, 9.17) is 4.74 Å². The van der Waals surface area contributed by atoms with Crippen molar-refractivity contribution in [2.75, 3.05) is 13.2 Å². The van der Waals surface area contributed by atoms with Crippen LogP contribution in [0.4, 0.5) is 4.39 Å². The fourth-order valence-corrected chi connectivity index (χ4v) is 2.08. The third-order valence-electron chi connectivity index (χ3n) is 3.12. The highest BCUT2D eigenvalue weighted by Gasteiger charge is 2.17. The maximum Gasteiger partial charge on any atom is 0.222 e. The third-order valence-corrected chi connectivity index (χ3v) is 3.12. The van der Waals surface area contributed by atoms with Gasteiger partial charge in [0, 0.05) is 19.0 Å². The zero-order valence-corrected chi connectivity index (χ0v) is 13.4. The molecule has 0 N–H and O–H groups in total. The van der Waals surface area contributed by atoms with Crippen molar-refractivity contribution in [3.8, 4) is 5.75 Å². The summed E-state index contributed by atoms with van der Waals surface area (Å²) in [7, 11) is 0. The molecule has 1 aromatic rings. The number of hydrogen-bond donors (Lipinski definition) is 0. The Bertz CT molecular complexity index is 429. The van der Waals surface area contributed by atoms with Crippen LogP contribution < -0.4 is 4.74 Å². The highest BCUT2D eigenvalue weighted by Crippen LogP contribution is 2.12. The number of hydrogen-bond acceptors (Lipinski definition) is 2. The molecule has 1 rings (SSSR count). The first-order valence-electron chi connectivity index (χ1n) is 7.58. The van der Waals surface area contributed by atoms with Crippen molar-refractivity contribution in [2.45, 2.75) is 46.6 Å². The van der Waals surface area contributed by atoms with E-state index in [1.165, 1.54) is 12.1 Å². The van der Waals surface area contributed by atoms with Crippen molar-refractivity contribution in [3.63, 3.8) is 0 Å². The second kappa shape index (κ2) is 8.65. The number of ether oxygens (including phenoxy) is 1. The third kappa shape index (κ3) is 6.61. The first kappa shape index (κ1) is 17.5. The van der Waals surface area contributed by atoms with E-state index in [1.807, 2.05) is 18.7 Å². The molecular formula is C17H26FNO2. The van der Waals surface area contributed by atoms with Gasteiger partial charge >= 0.3 is 0 Å². The van der Waals surface area contributed by atoms with Crippen LogP contribution in [-0.2, 0) is 4.79 Å². The molecule has 1 aromatic carbocycles. The lowest BCUT2D eigenvalue weighted by atomic mass is 10.1. The summed E-state index contributed by atoms with van der Waals surface area (Å²) >= 11 is 0. The molecule has 0 atom stereocenters.